The van der Waals surface area contributed by atoms with Gasteiger partial charge in [0.2, 0.25) is 0 Å². The third kappa shape index (κ3) is 1.76. The number of nitrogens with zero attached hydrogens (tertiary/aromatic N) is 1. The summed E-state index contributed by atoms with van der Waals surface area (Å²) < 4.78 is 6.78. The number of aliphatic hydroxyl groups is 1. The highest BCUT2D eigenvalue weighted by atomic mass is 79.9. The van der Waals surface area contributed by atoms with Crippen LogP contribution in [0, 0.1) is 16.7 Å². The molecule has 0 aromatic heterocycles. The molecule has 2 heterocycles. The van der Waals surface area contributed by atoms with E-state index in [0.717, 1.165) is 22.9 Å². The van der Waals surface area contributed by atoms with E-state index in [0.29, 0.717) is 6.42 Å². The van der Waals surface area contributed by atoms with E-state index >= 15 is 0 Å². The first-order chi connectivity index (χ1) is 8.99. The summed E-state index contributed by atoms with van der Waals surface area (Å²) in [7, 11) is 0. The fraction of sp³-hybridized carbons (Fsp3) is 0.533. The quantitative estimate of drug-likeness (QED) is 0.910. The molecule has 1 aromatic carbocycles. The molecule has 1 N–H and O–H groups in total. The maximum Gasteiger partial charge on any atom is 0.118 e. The van der Waals surface area contributed by atoms with Gasteiger partial charge in [0.25, 0.3) is 0 Å². The van der Waals surface area contributed by atoms with Crippen LogP contribution < -0.4 is 0 Å². The van der Waals surface area contributed by atoms with E-state index in [2.05, 4.69) is 22.0 Å². The van der Waals surface area contributed by atoms with E-state index < -0.39 is 11.0 Å². The molecule has 19 heavy (non-hydrogen) atoms. The van der Waals surface area contributed by atoms with Gasteiger partial charge in [-0.05, 0) is 43.9 Å². The SMILES string of the molecule is CC(O)(c1ccc(Br)cc1)C1(C#N)CC2CCC1O2. The standard InChI is InChI=1S/C15H16BrNO2/c1-14(18,10-2-4-11(16)5-3-10)15(9-17)8-12-6-7-13(15)19-12/h2-5,12-13,18H,6-8H2,1H3. The van der Waals surface area contributed by atoms with Gasteiger partial charge in [0.1, 0.15) is 11.0 Å². The number of hydrogen-bond donors (Lipinski definition) is 1. The predicted octanol–water partition coefficient (Wildman–Crippen LogP) is 3.12. The smallest absolute Gasteiger partial charge is 0.118 e. The zero-order chi connectivity index (χ0) is 13.7. The first-order valence-corrected chi connectivity index (χ1v) is 7.34. The zero-order valence-corrected chi connectivity index (χ0v) is 12.4. The fourth-order valence-electron chi connectivity index (χ4n) is 3.48. The molecule has 0 aliphatic carbocycles. The van der Waals surface area contributed by atoms with Crippen molar-refractivity contribution in [2.75, 3.05) is 0 Å². The monoisotopic (exact) mass is 321 g/mol. The van der Waals surface area contributed by atoms with Gasteiger partial charge in [-0.15, -0.1) is 0 Å². The minimum atomic E-state index is -1.19. The van der Waals surface area contributed by atoms with Crippen LogP contribution in [0.1, 0.15) is 31.7 Å². The van der Waals surface area contributed by atoms with Crippen LogP contribution in [0.5, 0.6) is 0 Å². The van der Waals surface area contributed by atoms with Gasteiger partial charge in [0.05, 0.1) is 18.3 Å². The zero-order valence-electron chi connectivity index (χ0n) is 10.8. The molecular weight excluding hydrogens is 306 g/mol. The van der Waals surface area contributed by atoms with Gasteiger partial charge in [-0.25, -0.2) is 0 Å². The lowest BCUT2D eigenvalue weighted by Gasteiger charge is -2.41. The Morgan fingerprint density at radius 1 is 1.42 bits per heavy atom. The van der Waals surface area contributed by atoms with Gasteiger partial charge in [0.15, 0.2) is 0 Å². The van der Waals surface area contributed by atoms with Crippen LogP contribution in [0.25, 0.3) is 0 Å². The van der Waals surface area contributed by atoms with Crippen LogP contribution in [0.15, 0.2) is 28.7 Å². The Morgan fingerprint density at radius 3 is 2.58 bits per heavy atom. The van der Waals surface area contributed by atoms with Gasteiger partial charge in [-0.1, -0.05) is 28.1 Å². The number of halogens is 1. The molecule has 0 amide bonds. The molecule has 0 saturated carbocycles. The molecule has 2 bridgehead atoms. The van der Waals surface area contributed by atoms with Crippen molar-refractivity contribution in [1.82, 2.24) is 0 Å². The minimum Gasteiger partial charge on any atom is -0.384 e. The maximum absolute atomic E-state index is 11.0. The molecule has 4 atom stereocenters. The average Bonchev–Trinajstić information content (AvgIpc) is 3.00. The van der Waals surface area contributed by atoms with Crippen molar-refractivity contribution < 1.29 is 9.84 Å². The highest BCUT2D eigenvalue weighted by Crippen LogP contribution is 2.56. The Bertz CT molecular complexity index is 534. The Hall–Kier alpha value is -0.890. The summed E-state index contributed by atoms with van der Waals surface area (Å²) in [5, 5.41) is 20.7. The molecule has 0 spiro atoms. The second kappa shape index (κ2) is 4.31. The lowest BCUT2D eigenvalue weighted by Crippen LogP contribution is -2.49. The molecule has 2 aliphatic heterocycles. The largest absolute Gasteiger partial charge is 0.384 e. The van der Waals surface area contributed by atoms with Crippen LogP contribution in [0.2, 0.25) is 0 Å². The van der Waals surface area contributed by atoms with Gasteiger partial charge >= 0.3 is 0 Å². The summed E-state index contributed by atoms with van der Waals surface area (Å²) in [5.41, 5.74) is -1.25. The summed E-state index contributed by atoms with van der Waals surface area (Å²) in [6.45, 7) is 1.74. The third-order valence-electron chi connectivity index (χ3n) is 4.68. The van der Waals surface area contributed by atoms with E-state index in [1.165, 1.54) is 0 Å². The second-order valence-corrected chi connectivity index (χ2v) is 6.61. The number of rotatable bonds is 2. The minimum absolute atomic E-state index is 0.131. The summed E-state index contributed by atoms with van der Waals surface area (Å²) in [6, 6.07) is 9.90. The summed E-state index contributed by atoms with van der Waals surface area (Å²) >= 11 is 3.39. The Morgan fingerprint density at radius 2 is 2.11 bits per heavy atom. The van der Waals surface area contributed by atoms with Crippen molar-refractivity contribution in [3.05, 3.63) is 34.3 Å². The van der Waals surface area contributed by atoms with Gasteiger partial charge in [-0.3, -0.25) is 0 Å². The van der Waals surface area contributed by atoms with Crippen molar-refractivity contribution in [3.8, 4) is 6.07 Å². The number of fused-ring (bicyclic) bond motifs is 2. The van der Waals surface area contributed by atoms with Crippen molar-refractivity contribution in [3.63, 3.8) is 0 Å². The molecule has 4 heteroatoms. The Balaban J connectivity index is 2.03. The highest BCUT2D eigenvalue weighted by Gasteiger charge is 2.62. The number of hydrogen-bond acceptors (Lipinski definition) is 3. The van der Waals surface area contributed by atoms with Crippen molar-refractivity contribution in [2.45, 2.75) is 44.0 Å². The summed E-state index contributed by atoms with van der Waals surface area (Å²) in [4.78, 5) is 0. The third-order valence-corrected chi connectivity index (χ3v) is 5.21. The van der Waals surface area contributed by atoms with Crippen molar-refractivity contribution in [2.24, 2.45) is 5.41 Å². The molecule has 100 valence electrons. The first kappa shape index (κ1) is 13.1. The van der Waals surface area contributed by atoms with Crippen LogP contribution >= 0.6 is 15.9 Å². The molecule has 2 fully saturated rings. The molecule has 1 aromatic rings. The number of benzene rings is 1. The topological polar surface area (TPSA) is 53.2 Å². The first-order valence-electron chi connectivity index (χ1n) is 6.55. The van der Waals surface area contributed by atoms with Gasteiger partial charge in [-0.2, -0.15) is 5.26 Å². The fourth-order valence-corrected chi connectivity index (χ4v) is 3.74. The summed E-state index contributed by atoms with van der Waals surface area (Å²) in [6.07, 6.45) is 2.47. The average molecular weight is 322 g/mol. The molecule has 3 nitrogen and oxygen atoms in total. The molecule has 0 radical (unpaired) electrons. The lowest BCUT2D eigenvalue weighted by atomic mass is 9.62. The van der Waals surface area contributed by atoms with E-state index in [4.69, 9.17) is 4.74 Å². The van der Waals surface area contributed by atoms with E-state index in [1.807, 2.05) is 24.3 Å². The predicted molar refractivity (Wildman–Crippen MR) is 74.3 cm³/mol. The normalized spacial score (nSPS) is 35.9. The van der Waals surface area contributed by atoms with Gasteiger partial charge in [0, 0.05) is 4.47 Å². The Labute approximate surface area is 121 Å². The second-order valence-electron chi connectivity index (χ2n) is 5.69. The lowest BCUT2D eigenvalue weighted by molar-refractivity contribution is -0.0773. The highest BCUT2D eigenvalue weighted by molar-refractivity contribution is 9.10. The van der Waals surface area contributed by atoms with Crippen LogP contribution in [0.3, 0.4) is 0 Å². The summed E-state index contributed by atoms with van der Waals surface area (Å²) in [5.74, 6) is 0. The van der Waals surface area contributed by atoms with Crippen molar-refractivity contribution in [1.29, 1.82) is 5.26 Å². The molecule has 2 aliphatic rings. The molecule has 4 unspecified atom stereocenters. The van der Waals surface area contributed by atoms with Crippen LogP contribution in [-0.4, -0.2) is 17.3 Å². The van der Waals surface area contributed by atoms with Crippen molar-refractivity contribution >= 4 is 15.9 Å². The van der Waals surface area contributed by atoms with Crippen LogP contribution in [0.4, 0.5) is 0 Å². The maximum atomic E-state index is 11.0. The van der Waals surface area contributed by atoms with E-state index in [1.54, 1.807) is 6.92 Å². The molecule has 2 saturated heterocycles. The molecule has 3 rings (SSSR count). The van der Waals surface area contributed by atoms with Crippen LogP contribution in [-0.2, 0) is 10.3 Å². The van der Waals surface area contributed by atoms with Gasteiger partial charge < -0.3 is 9.84 Å². The Kier molecular flexibility index (Phi) is 2.97. The molecular formula is C15H16BrNO2. The van der Waals surface area contributed by atoms with E-state index in [9.17, 15) is 10.4 Å². The van der Waals surface area contributed by atoms with E-state index in [-0.39, 0.29) is 12.2 Å². The number of nitriles is 1. The number of ether oxygens (including phenoxy) is 1.